The van der Waals surface area contributed by atoms with Crippen molar-refractivity contribution < 1.29 is 9.18 Å². The minimum absolute atomic E-state index is 0.151. The van der Waals surface area contributed by atoms with Gasteiger partial charge in [0.25, 0.3) is 0 Å². The summed E-state index contributed by atoms with van der Waals surface area (Å²) in [5, 5.41) is 5.71. The number of amides is 2. The maximum Gasteiger partial charge on any atom is 0.315 e. The smallest absolute Gasteiger partial charge is 0.315 e. The number of hydrogen-bond acceptors (Lipinski definition) is 1. The highest BCUT2D eigenvalue weighted by atomic mass is 79.9. The summed E-state index contributed by atoms with van der Waals surface area (Å²) in [6.07, 6.45) is 4.99. The van der Waals surface area contributed by atoms with Crippen molar-refractivity contribution in [2.24, 2.45) is 0 Å². The van der Waals surface area contributed by atoms with Gasteiger partial charge in [-0.3, -0.25) is 0 Å². The second-order valence-electron chi connectivity index (χ2n) is 4.87. The minimum atomic E-state index is -0.235. The Morgan fingerprint density at radius 3 is 2.84 bits per heavy atom. The van der Waals surface area contributed by atoms with Crippen LogP contribution < -0.4 is 10.6 Å². The van der Waals surface area contributed by atoms with Gasteiger partial charge in [-0.05, 0) is 43.0 Å². The fourth-order valence-electron chi connectivity index (χ4n) is 2.35. The van der Waals surface area contributed by atoms with Crippen molar-refractivity contribution in [1.82, 2.24) is 10.6 Å². The summed E-state index contributed by atoms with van der Waals surface area (Å²) in [5.41, 5.74) is 0.607. The van der Waals surface area contributed by atoms with Crippen molar-refractivity contribution in [1.29, 1.82) is 0 Å². The number of hydrogen-bond donors (Lipinski definition) is 2. The van der Waals surface area contributed by atoms with Gasteiger partial charge in [-0.25, -0.2) is 9.18 Å². The topological polar surface area (TPSA) is 41.1 Å². The Hall–Kier alpha value is -1.10. The van der Waals surface area contributed by atoms with Crippen molar-refractivity contribution in [3.8, 4) is 0 Å². The molecule has 0 atom stereocenters. The Balaban J connectivity index is 1.73. The van der Waals surface area contributed by atoms with Crippen LogP contribution in [0, 0.1) is 5.82 Å². The zero-order valence-corrected chi connectivity index (χ0v) is 12.3. The van der Waals surface area contributed by atoms with Crippen LogP contribution in [0.1, 0.15) is 31.2 Å². The van der Waals surface area contributed by atoms with E-state index in [1.165, 1.54) is 18.9 Å². The molecule has 0 radical (unpaired) electrons. The molecule has 1 saturated carbocycles. The van der Waals surface area contributed by atoms with Crippen LogP contribution >= 0.6 is 15.9 Å². The fraction of sp³-hybridized carbons (Fsp3) is 0.500. The number of carbonyl (C=O) groups excluding carboxylic acids is 1. The molecule has 1 aromatic carbocycles. The average Bonchev–Trinajstić information content (AvgIpc) is 2.86. The SMILES string of the molecule is O=C(NCCc1cc(Br)ccc1F)NC1CCCC1. The molecule has 0 bridgehead atoms. The molecule has 0 saturated heterocycles. The van der Waals surface area contributed by atoms with E-state index in [-0.39, 0.29) is 11.8 Å². The minimum Gasteiger partial charge on any atom is -0.338 e. The summed E-state index contributed by atoms with van der Waals surface area (Å²) in [5.74, 6) is -0.235. The van der Waals surface area contributed by atoms with Gasteiger partial charge in [-0.2, -0.15) is 0 Å². The third-order valence-electron chi connectivity index (χ3n) is 3.38. The second-order valence-corrected chi connectivity index (χ2v) is 5.78. The van der Waals surface area contributed by atoms with Gasteiger partial charge >= 0.3 is 6.03 Å². The van der Waals surface area contributed by atoms with Crippen LogP contribution in [-0.2, 0) is 6.42 Å². The van der Waals surface area contributed by atoms with Crippen molar-refractivity contribution in [2.45, 2.75) is 38.1 Å². The van der Waals surface area contributed by atoms with Gasteiger partial charge in [-0.15, -0.1) is 0 Å². The Kier molecular flexibility index (Phi) is 5.19. The number of benzene rings is 1. The van der Waals surface area contributed by atoms with Gasteiger partial charge in [0.1, 0.15) is 5.82 Å². The highest BCUT2D eigenvalue weighted by Gasteiger charge is 2.16. The molecule has 2 N–H and O–H groups in total. The maximum absolute atomic E-state index is 13.5. The normalized spacial score (nSPS) is 15.5. The third-order valence-corrected chi connectivity index (χ3v) is 3.87. The van der Waals surface area contributed by atoms with Crippen LogP contribution in [0.25, 0.3) is 0 Å². The molecule has 0 aromatic heterocycles. The summed E-state index contributed by atoms with van der Waals surface area (Å²) in [6, 6.07) is 4.99. The van der Waals surface area contributed by atoms with E-state index in [0.717, 1.165) is 17.3 Å². The monoisotopic (exact) mass is 328 g/mol. The molecular formula is C14H18BrFN2O. The van der Waals surface area contributed by atoms with Crippen LogP contribution in [0.5, 0.6) is 0 Å². The molecule has 104 valence electrons. The first-order chi connectivity index (χ1) is 9.15. The molecule has 0 aliphatic heterocycles. The lowest BCUT2D eigenvalue weighted by molar-refractivity contribution is 0.237. The summed E-state index contributed by atoms with van der Waals surface area (Å²) < 4.78 is 14.3. The Labute approximate surface area is 121 Å². The van der Waals surface area contributed by atoms with Crippen LogP contribution in [0.3, 0.4) is 0 Å². The van der Waals surface area contributed by atoms with Crippen LogP contribution in [0.15, 0.2) is 22.7 Å². The van der Waals surface area contributed by atoms with E-state index in [1.807, 2.05) is 0 Å². The van der Waals surface area contributed by atoms with Crippen LogP contribution in [0.4, 0.5) is 9.18 Å². The molecule has 1 aliphatic carbocycles. The fourth-order valence-corrected chi connectivity index (χ4v) is 2.76. The lowest BCUT2D eigenvalue weighted by Gasteiger charge is -2.13. The standard InChI is InChI=1S/C14H18BrFN2O/c15-11-5-6-13(16)10(9-11)7-8-17-14(19)18-12-3-1-2-4-12/h5-6,9,12H,1-4,7-8H2,(H2,17,18,19). The quantitative estimate of drug-likeness (QED) is 0.874. The van der Waals surface area contributed by atoms with Crippen molar-refractivity contribution in [3.63, 3.8) is 0 Å². The number of nitrogens with one attached hydrogen (secondary N) is 2. The third kappa shape index (κ3) is 4.49. The molecule has 2 rings (SSSR count). The van der Waals surface area contributed by atoms with Crippen LogP contribution in [-0.4, -0.2) is 18.6 Å². The molecular weight excluding hydrogens is 311 g/mol. The predicted molar refractivity (Wildman–Crippen MR) is 76.6 cm³/mol. The molecule has 1 fully saturated rings. The lowest BCUT2D eigenvalue weighted by Crippen LogP contribution is -2.41. The summed E-state index contributed by atoms with van der Waals surface area (Å²) in [4.78, 5) is 11.6. The number of urea groups is 1. The van der Waals surface area contributed by atoms with Gasteiger partial charge < -0.3 is 10.6 Å². The lowest BCUT2D eigenvalue weighted by atomic mass is 10.1. The molecule has 1 aliphatic rings. The molecule has 5 heteroatoms. The van der Waals surface area contributed by atoms with Gasteiger partial charge in [0.05, 0.1) is 0 Å². The van der Waals surface area contributed by atoms with E-state index in [2.05, 4.69) is 26.6 Å². The van der Waals surface area contributed by atoms with E-state index < -0.39 is 0 Å². The van der Waals surface area contributed by atoms with E-state index >= 15 is 0 Å². The van der Waals surface area contributed by atoms with Crippen molar-refractivity contribution in [3.05, 3.63) is 34.1 Å². The van der Waals surface area contributed by atoms with E-state index in [1.54, 1.807) is 12.1 Å². The number of rotatable bonds is 4. The Bertz CT molecular complexity index is 447. The molecule has 0 spiro atoms. The molecule has 0 unspecified atom stereocenters. The van der Waals surface area contributed by atoms with Gasteiger partial charge in [0.15, 0.2) is 0 Å². The van der Waals surface area contributed by atoms with Crippen molar-refractivity contribution >= 4 is 22.0 Å². The Morgan fingerprint density at radius 1 is 1.37 bits per heavy atom. The largest absolute Gasteiger partial charge is 0.338 e. The molecule has 2 amide bonds. The second kappa shape index (κ2) is 6.89. The molecule has 19 heavy (non-hydrogen) atoms. The van der Waals surface area contributed by atoms with Gasteiger partial charge in [-0.1, -0.05) is 28.8 Å². The first-order valence-corrected chi connectivity index (χ1v) is 7.43. The highest BCUT2D eigenvalue weighted by Crippen LogP contribution is 2.17. The van der Waals surface area contributed by atoms with E-state index in [9.17, 15) is 9.18 Å². The van der Waals surface area contributed by atoms with Crippen molar-refractivity contribution in [2.75, 3.05) is 6.54 Å². The van der Waals surface area contributed by atoms with Crippen LogP contribution in [0.2, 0.25) is 0 Å². The van der Waals surface area contributed by atoms with E-state index in [4.69, 9.17) is 0 Å². The zero-order chi connectivity index (χ0) is 13.7. The highest BCUT2D eigenvalue weighted by molar-refractivity contribution is 9.10. The Morgan fingerprint density at radius 2 is 2.11 bits per heavy atom. The van der Waals surface area contributed by atoms with E-state index in [0.29, 0.717) is 24.6 Å². The summed E-state index contributed by atoms with van der Waals surface area (Å²) in [7, 11) is 0. The molecule has 1 aromatic rings. The molecule has 0 heterocycles. The first kappa shape index (κ1) is 14.3. The number of carbonyl (C=O) groups is 1. The first-order valence-electron chi connectivity index (χ1n) is 6.63. The summed E-state index contributed by atoms with van der Waals surface area (Å²) in [6.45, 7) is 0.436. The maximum atomic E-state index is 13.5. The number of halogens is 2. The van der Waals surface area contributed by atoms with Gasteiger partial charge in [0, 0.05) is 17.1 Å². The van der Waals surface area contributed by atoms with Gasteiger partial charge in [0.2, 0.25) is 0 Å². The summed E-state index contributed by atoms with van der Waals surface area (Å²) >= 11 is 3.31. The zero-order valence-electron chi connectivity index (χ0n) is 10.7. The average molecular weight is 329 g/mol. The molecule has 3 nitrogen and oxygen atoms in total. The predicted octanol–water partition coefficient (Wildman–Crippen LogP) is 3.37.